The Morgan fingerprint density at radius 1 is 1.13 bits per heavy atom. The standard InChI is InChI=1S/C19H14F3N/c1-2-11-3-5-14(17(20)7-11)12-4-6-15-13(8-12)9-18(21)16(10-23)19(15)22/h3-5,7,9H,2,6,8H2,1H3. The summed E-state index contributed by atoms with van der Waals surface area (Å²) in [6.07, 6.45) is 2.96. The van der Waals surface area contributed by atoms with E-state index in [0.717, 1.165) is 12.0 Å². The SMILES string of the molecule is CCc1ccc(C2=CCc3c(cc(F)c(C#N)c3F)C2)c(F)c1. The molecule has 1 nitrogen and oxygen atoms in total. The van der Waals surface area contributed by atoms with E-state index >= 15 is 0 Å². The van der Waals surface area contributed by atoms with Crippen LogP contribution in [0.5, 0.6) is 0 Å². The first-order valence-electron chi connectivity index (χ1n) is 7.42. The number of benzene rings is 2. The maximum absolute atomic E-state index is 14.2. The molecule has 0 N–H and O–H groups in total. The van der Waals surface area contributed by atoms with Crippen LogP contribution in [-0.2, 0) is 19.3 Å². The topological polar surface area (TPSA) is 23.8 Å². The number of nitrogens with zero attached hydrogens (tertiary/aromatic N) is 1. The number of hydrogen-bond acceptors (Lipinski definition) is 1. The molecule has 0 aromatic heterocycles. The summed E-state index contributed by atoms with van der Waals surface area (Å²) in [7, 11) is 0. The molecule has 116 valence electrons. The molecule has 0 amide bonds. The van der Waals surface area contributed by atoms with Crippen molar-refractivity contribution in [3.8, 4) is 6.07 Å². The second kappa shape index (κ2) is 5.92. The molecular weight excluding hydrogens is 299 g/mol. The molecule has 0 aliphatic heterocycles. The molecule has 2 aromatic carbocycles. The molecule has 0 bridgehead atoms. The van der Waals surface area contributed by atoms with Crippen molar-refractivity contribution >= 4 is 5.57 Å². The van der Waals surface area contributed by atoms with E-state index in [1.165, 1.54) is 12.1 Å². The van der Waals surface area contributed by atoms with Crippen molar-refractivity contribution in [2.75, 3.05) is 0 Å². The molecule has 0 saturated carbocycles. The minimum atomic E-state index is -0.869. The van der Waals surface area contributed by atoms with E-state index in [-0.39, 0.29) is 18.7 Å². The van der Waals surface area contributed by atoms with Gasteiger partial charge in [-0.25, -0.2) is 13.2 Å². The summed E-state index contributed by atoms with van der Waals surface area (Å²) in [5.74, 6) is -2.00. The zero-order valence-electron chi connectivity index (χ0n) is 12.6. The van der Waals surface area contributed by atoms with Gasteiger partial charge in [-0.15, -0.1) is 0 Å². The van der Waals surface area contributed by atoms with E-state index < -0.39 is 17.2 Å². The summed E-state index contributed by atoms with van der Waals surface area (Å²) >= 11 is 0. The van der Waals surface area contributed by atoms with Gasteiger partial charge in [0.25, 0.3) is 0 Å². The molecule has 0 saturated heterocycles. The Morgan fingerprint density at radius 2 is 1.91 bits per heavy atom. The van der Waals surface area contributed by atoms with Gasteiger partial charge < -0.3 is 0 Å². The van der Waals surface area contributed by atoms with Gasteiger partial charge in [0.05, 0.1) is 0 Å². The maximum atomic E-state index is 14.2. The van der Waals surface area contributed by atoms with Crippen molar-refractivity contribution in [3.05, 3.63) is 75.6 Å². The summed E-state index contributed by atoms with van der Waals surface area (Å²) in [5, 5.41) is 8.82. The highest BCUT2D eigenvalue weighted by Gasteiger charge is 2.22. The van der Waals surface area contributed by atoms with Crippen LogP contribution < -0.4 is 0 Å². The van der Waals surface area contributed by atoms with Gasteiger partial charge in [0.15, 0.2) is 0 Å². The highest BCUT2D eigenvalue weighted by Crippen LogP contribution is 2.32. The smallest absolute Gasteiger partial charge is 0.147 e. The van der Waals surface area contributed by atoms with E-state index in [0.29, 0.717) is 22.3 Å². The van der Waals surface area contributed by atoms with Crippen LogP contribution in [0.15, 0.2) is 30.3 Å². The third kappa shape index (κ3) is 2.63. The van der Waals surface area contributed by atoms with Crippen LogP contribution in [0.2, 0.25) is 0 Å². The lowest BCUT2D eigenvalue weighted by atomic mass is 9.86. The molecule has 3 rings (SSSR count). The number of allylic oxidation sites excluding steroid dienone is 2. The fourth-order valence-electron chi connectivity index (χ4n) is 2.94. The van der Waals surface area contributed by atoms with Gasteiger partial charge >= 0.3 is 0 Å². The van der Waals surface area contributed by atoms with Crippen LogP contribution in [0, 0.1) is 28.8 Å². The maximum Gasteiger partial charge on any atom is 0.147 e. The minimum Gasteiger partial charge on any atom is -0.206 e. The van der Waals surface area contributed by atoms with Gasteiger partial charge in [0.1, 0.15) is 29.1 Å². The second-order valence-corrected chi connectivity index (χ2v) is 5.57. The first kappa shape index (κ1) is 15.4. The van der Waals surface area contributed by atoms with Gasteiger partial charge in [0, 0.05) is 5.56 Å². The van der Waals surface area contributed by atoms with Gasteiger partial charge in [-0.05, 0) is 53.7 Å². The van der Waals surface area contributed by atoms with E-state index in [4.69, 9.17) is 5.26 Å². The Kier molecular flexibility index (Phi) is 3.96. The normalized spacial score (nSPS) is 13.3. The van der Waals surface area contributed by atoms with Crippen molar-refractivity contribution in [2.45, 2.75) is 26.2 Å². The van der Waals surface area contributed by atoms with Crippen molar-refractivity contribution < 1.29 is 13.2 Å². The summed E-state index contributed by atoms with van der Waals surface area (Å²) in [6.45, 7) is 1.95. The summed E-state index contributed by atoms with van der Waals surface area (Å²) in [6, 6.07) is 7.79. The molecule has 0 fully saturated rings. The monoisotopic (exact) mass is 313 g/mol. The molecule has 0 unspecified atom stereocenters. The third-order valence-corrected chi connectivity index (χ3v) is 4.24. The second-order valence-electron chi connectivity index (χ2n) is 5.57. The Labute approximate surface area is 132 Å². The summed E-state index contributed by atoms with van der Waals surface area (Å²) in [4.78, 5) is 0. The average Bonchev–Trinajstić information content (AvgIpc) is 2.54. The molecule has 23 heavy (non-hydrogen) atoms. The van der Waals surface area contributed by atoms with Crippen LogP contribution in [0.4, 0.5) is 13.2 Å². The zero-order valence-corrected chi connectivity index (χ0v) is 12.6. The fraction of sp³-hybridized carbons (Fsp3) is 0.211. The largest absolute Gasteiger partial charge is 0.206 e. The minimum absolute atomic E-state index is 0.223. The molecule has 2 aromatic rings. The number of hydrogen-bond donors (Lipinski definition) is 0. The number of nitriles is 1. The molecule has 0 atom stereocenters. The Morgan fingerprint density at radius 3 is 2.57 bits per heavy atom. The highest BCUT2D eigenvalue weighted by atomic mass is 19.1. The van der Waals surface area contributed by atoms with Crippen LogP contribution in [-0.4, -0.2) is 0 Å². The molecule has 1 aliphatic carbocycles. The lowest BCUT2D eigenvalue weighted by molar-refractivity contribution is 0.564. The van der Waals surface area contributed by atoms with Gasteiger partial charge in [-0.2, -0.15) is 5.26 Å². The Balaban J connectivity index is 2.01. The molecule has 4 heteroatoms. The fourth-order valence-corrected chi connectivity index (χ4v) is 2.94. The van der Waals surface area contributed by atoms with Crippen molar-refractivity contribution in [1.82, 2.24) is 0 Å². The Bertz CT molecular complexity index is 860. The van der Waals surface area contributed by atoms with E-state index in [1.54, 1.807) is 18.2 Å². The molecule has 0 heterocycles. The van der Waals surface area contributed by atoms with Crippen molar-refractivity contribution in [1.29, 1.82) is 5.26 Å². The van der Waals surface area contributed by atoms with Crippen molar-refractivity contribution in [3.63, 3.8) is 0 Å². The predicted molar refractivity (Wildman–Crippen MR) is 82.2 cm³/mol. The van der Waals surface area contributed by atoms with E-state index in [9.17, 15) is 13.2 Å². The summed E-state index contributed by atoms with van der Waals surface area (Å²) in [5.41, 5.74) is 2.30. The molecule has 0 radical (unpaired) electrons. The quantitative estimate of drug-likeness (QED) is 0.787. The van der Waals surface area contributed by atoms with E-state index in [2.05, 4.69) is 0 Å². The Hall–Kier alpha value is -2.54. The molecule has 0 spiro atoms. The van der Waals surface area contributed by atoms with Gasteiger partial charge in [0.2, 0.25) is 0 Å². The molecular formula is C19H14F3N. The van der Waals surface area contributed by atoms with Crippen LogP contribution >= 0.6 is 0 Å². The van der Waals surface area contributed by atoms with Crippen molar-refractivity contribution in [2.24, 2.45) is 0 Å². The van der Waals surface area contributed by atoms with Gasteiger partial charge in [-0.3, -0.25) is 0 Å². The van der Waals surface area contributed by atoms with Gasteiger partial charge in [-0.1, -0.05) is 25.1 Å². The van der Waals surface area contributed by atoms with Crippen LogP contribution in [0.3, 0.4) is 0 Å². The van der Waals surface area contributed by atoms with E-state index in [1.807, 2.05) is 13.0 Å². The third-order valence-electron chi connectivity index (χ3n) is 4.24. The lowest BCUT2D eigenvalue weighted by Crippen LogP contribution is -2.09. The van der Waals surface area contributed by atoms with Crippen LogP contribution in [0.1, 0.15) is 34.7 Å². The zero-order chi connectivity index (χ0) is 16.6. The average molecular weight is 313 g/mol. The summed E-state index contributed by atoms with van der Waals surface area (Å²) < 4.78 is 42.2. The number of aryl methyl sites for hydroxylation is 1. The first-order valence-corrected chi connectivity index (χ1v) is 7.42. The predicted octanol–water partition coefficient (Wildman–Crippen LogP) is 4.72. The number of halogens is 3. The molecule has 1 aliphatic rings. The first-order chi connectivity index (χ1) is 11.0. The number of rotatable bonds is 2. The van der Waals surface area contributed by atoms with Crippen LogP contribution in [0.25, 0.3) is 5.57 Å². The number of fused-ring (bicyclic) bond motifs is 1. The lowest BCUT2D eigenvalue weighted by Gasteiger charge is -2.19. The highest BCUT2D eigenvalue weighted by molar-refractivity contribution is 5.71.